The maximum Gasteiger partial charge on any atom is 0.305 e. The Hall–Kier alpha value is -4.28. The number of esters is 1. The Bertz CT molecular complexity index is 1500. The molecule has 2 aromatic rings. The maximum absolute atomic E-state index is 13.9. The Morgan fingerprint density at radius 2 is 1.74 bits per heavy atom. The molecule has 11 nitrogen and oxygen atoms in total. The van der Waals surface area contributed by atoms with Gasteiger partial charge >= 0.3 is 5.97 Å². The highest BCUT2D eigenvalue weighted by Crippen LogP contribution is 2.55. The summed E-state index contributed by atoms with van der Waals surface area (Å²) in [6.45, 7) is 6.64. The fraction of sp³-hybridized carbons (Fsp3) is 0.407. The first-order chi connectivity index (χ1) is 17.9. The van der Waals surface area contributed by atoms with E-state index in [0.717, 1.165) is 0 Å². The van der Waals surface area contributed by atoms with Crippen molar-refractivity contribution in [1.82, 2.24) is 15.2 Å². The number of fused-ring (bicyclic) bond motifs is 3. The summed E-state index contributed by atoms with van der Waals surface area (Å²) in [6.07, 6.45) is 1.38. The smallest absolute Gasteiger partial charge is 0.305 e. The normalized spacial score (nSPS) is 26.1. The number of aromatic nitrogens is 1. The summed E-state index contributed by atoms with van der Waals surface area (Å²) < 4.78 is 21.7. The Balaban J connectivity index is 1.56. The molecule has 0 radical (unpaired) electrons. The molecule has 2 N–H and O–H groups in total. The lowest BCUT2D eigenvalue weighted by atomic mass is 9.68. The van der Waals surface area contributed by atoms with Crippen molar-refractivity contribution in [1.29, 1.82) is 0 Å². The molecule has 1 aromatic heterocycles. The number of aromatic amines is 1. The summed E-state index contributed by atoms with van der Waals surface area (Å²) in [7, 11) is 4.50. The molecule has 1 aromatic carbocycles. The molecule has 1 saturated heterocycles. The van der Waals surface area contributed by atoms with E-state index >= 15 is 0 Å². The SMILES string of the molecule is COc1cc2cc(C(=O)N3C[C@@H](C)[C@@]4(C)C3=CC(=O)C3=C4C(=O)C(C)(OC(C)=O)N3)[nH]c2c(OC)c1OC. The first kappa shape index (κ1) is 25.4. The van der Waals surface area contributed by atoms with Crippen molar-refractivity contribution in [2.75, 3.05) is 27.9 Å². The van der Waals surface area contributed by atoms with Gasteiger partial charge in [-0.1, -0.05) is 6.92 Å². The second-order valence-electron chi connectivity index (χ2n) is 10.0. The molecule has 0 bridgehead atoms. The van der Waals surface area contributed by atoms with E-state index < -0.39 is 28.7 Å². The van der Waals surface area contributed by atoms with Crippen LogP contribution in [0.2, 0.25) is 0 Å². The highest BCUT2D eigenvalue weighted by molar-refractivity contribution is 6.19. The third-order valence-corrected chi connectivity index (χ3v) is 7.82. The first-order valence-corrected chi connectivity index (χ1v) is 12.1. The Morgan fingerprint density at radius 1 is 1.05 bits per heavy atom. The molecule has 2 aliphatic heterocycles. The largest absolute Gasteiger partial charge is 0.493 e. The molecule has 0 saturated carbocycles. The second-order valence-corrected chi connectivity index (χ2v) is 10.0. The number of hydrogen-bond acceptors (Lipinski definition) is 9. The quantitative estimate of drug-likeness (QED) is 0.567. The van der Waals surface area contributed by atoms with Crippen LogP contribution >= 0.6 is 0 Å². The minimum atomic E-state index is -1.69. The van der Waals surface area contributed by atoms with Gasteiger partial charge in [0, 0.05) is 48.5 Å². The van der Waals surface area contributed by atoms with Gasteiger partial charge in [-0.25, -0.2) is 0 Å². The number of carbonyl (C=O) groups is 4. The molecule has 200 valence electrons. The van der Waals surface area contributed by atoms with Crippen molar-refractivity contribution in [2.45, 2.75) is 33.4 Å². The molecule has 3 heterocycles. The fourth-order valence-corrected chi connectivity index (χ4v) is 5.83. The highest BCUT2D eigenvalue weighted by Gasteiger charge is 2.61. The summed E-state index contributed by atoms with van der Waals surface area (Å²) in [6, 6.07) is 3.42. The van der Waals surface area contributed by atoms with Crippen molar-refractivity contribution in [2.24, 2.45) is 11.3 Å². The summed E-state index contributed by atoms with van der Waals surface area (Å²) >= 11 is 0. The van der Waals surface area contributed by atoms with E-state index in [-0.39, 0.29) is 35.3 Å². The van der Waals surface area contributed by atoms with Gasteiger partial charge in [-0.3, -0.25) is 19.2 Å². The Morgan fingerprint density at radius 3 is 2.34 bits per heavy atom. The van der Waals surface area contributed by atoms with E-state index in [0.29, 0.717) is 33.8 Å². The third-order valence-electron chi connectivity index (χ3n) is 7.82. The van der Waals surface area contributed by atoms with E-state index in [1.165, 1.54) is 46.2 Å². The summed E-state index contributed by atoms with van der Waals surface area (Å²) in [5.41, 5.74) is -1.10. The minimum absolute atomic E-state index is 0.0979. The lowest BCUT2D eigenvalue weighted by molar-refractivity contribution is -0.163. The molecule has 11 heteroatoms. The van der Waals surface area contributed by atoms with Crippen LogP contribution in [0, 0.1) is 11.3 Å². The van der Waals surface area contributed by atoms with Gasteiger partial charge in [-0.05, 0) is 25.0 Å². The van der Waals surface area contributed by atoms with E-state index in [1.54, 1.807) is 12.1 Å². The number of H-pyrrole nitrogens is 1. The standard InChI is InChI=1S/C27H29N3O8/c1-12-11-30(25(34)15-8-14-9-17(35-5)22(36-6)23(37-7)20(14)28-15)18-10-16(32)21-19(26(12,18)3)24(33)27(4,29-21)38-13(2)31/h8-10,12,28-29H,11H2,1-7H3/t12-,26+,27?/m1/s1. The van der Waals surface area contributed by atoms with E-state index in [9.17, 15) is 19.2 Å². The average molecular weight is 524 g/mol. The van der Waals surface area contributed by atoms with Gasteiger partial charge in [0.05, 0.1) is 32.5 Å². The van der Waals surface area contributed by atoms with Crippen LogP contribution < -0.4 is 19.5 Å². The van der Waals surface area contributed by atoms with Crippen molar-refractivity contribution >= 4 is 34.3 Å². The minimum Gasteiger partial charge on any atom is -0.493 e. The number of carbonyl (C=O) groups excluding carboxylic acids is 4. The van der Waals surface area contributed by atoms with Gasteiger partial charge in [0.25, 0.3) is 5.91 Å². The van der Waals surface area contributed by atoms with Crippen LogP contribution in [0.5, 0.6) is 17.2 Å². The topological polar surface area (TPSA) is 136 Å². The van der Waals surface area contributed by atoms with Crippen molar-refractivity contribution in [3.05, 3.63) is 40.9 Å². The molecule has 1 fully saturated rings. The molecule has 1 aliphatic carbocycles. The molecular weight excluding hydrogens is 494 g/mol. The molecule has 1 unspecified atom stereocenters. The molecular formula is C27H29N3O8. The van der Waals surface area contributed by atoms with Gasteiger partial charge in [0.1, 0.15) is 5.69 Å². The second kappa shape index (κ2) is 8.37. The van der Waals surface area contributed by atoms with Crippen LogP contribution in [0.4, 0.5) is 0 Å². The number of ether oxygens (including phenoxy) is 4. The van der Waals surface area contributed by atoms with Crippen LogP contribution in [-0.4, -0.2) is 66.9 Å². The number of Topliss-reactive ketones (excluding diaryl/α,β-unsaturated/α-hetero) is 1. The van der Waals surface area contributed by atoms with Crippen molar-refractivity contribution in [3.8, 4) is 17.2 Å². The number of nitrogens with zero attached hydrogens (tertiary/aromatic N) is 1. The molecule has 3 aliphatic rings. The molecule has 3 atom stereocenters. The number of methoxy groups -OCH3 is 3. The lowest BCUT2D eigenvalue weighted by Gasteiger charge is -2.34. The number of rotatable bonds is 5. The van der Waals surface area contributed by atoms with E-state index in [2.05, 4.69) is 10.3 Å². The zero-order chi connectivity index (χ0) is 27.7. The number of amides is 1. The number of hydrogen-bond donors (Lipinski definition) is 2. The molecule has 38 heavy (non-hydrogen) atoms. The third kappa shape index (κ3) is 3.27. The van der Waals surface area contributed by atoms with Gasteiger partial charge < -0.3 is 34.1 Å². The van der Waals surface area contributed by atoms with E-state index in [4.69, 9.17) is 18.9 Å². The zero-order valence-electron chi connectivity index (χ0n) is 22.2. The van der Waals surface area contributed by atoms with Gasteiger partial charge in [-0.15, -0.1) is 0 Å². The fourth-order valence-electron chi connectivity index (χ4n) is 5.83. The van der Waals surface area contributed by atoms with Crippen LogP contribution in [-0.2, 0) is 19.1 Å². The number of ketones is 2. The monoisotopic (exact) mass is 523 g/mol. The number of likely N-dealkylation sites (tertiary alicyclic amines) is 1. The summed E-state index contributed by atoms with van der Waals surface area (Å²) in [5, 5.41) is 3.50. The maximum atomic E-state index is 13.9. The van der Waals surface area contributed by atoms with Crippen molar-refractivity contribution in [3.63, 3.8) is 0 Å². The Labute approximate surface area is 218 Å². The number of benzene rings is 1. The zero-order valence-corrected chi connectivity index (χ0v) is 22.2. The first-order valence-electron chi connectivity index (χ1n) is 12.1. The van der Waals surface area contributed by atoms with Crippen molar-refractivity contribution < 1.29 is 38.1 Å². The average Bonchev–Trinajstić information content (AvgIpc) is 3.49. The lowest BCUT2D eigenvalue weighted by Crippen LogP contribution is -2.48. The molecule has 0 spiro atoms. The molecule has 5 rings (SSSR count). The predicted molar refractivity (Wildman–Crippen MR) is 135 cm³/mol. The summed E-state index contributed by atoms with van der Waals surface area (Å²) in [4.78, 5) is 57.0. The van der Waals surface area contributed by atoms with Crippen LogP contribution in [0.1, 0.15) is 38.2 Å². The predicted octanol–water partition coefficient (Wildman–Crippen LogP) is 2.46. The number of nitrogens with one attached hydrogen (secondary N) is 2. The van der Waals surface area contributed by atoms with Crippen LogP contribution in [0.15, 0.2) is 35.2 Å². The van der Waals surface area contributed by atoms with Crippen LogP contribution in [0.3, 0.4) is 0 Å². The highest BCUT2D eigenvalue weighted by atomic mass is 16.6. The van der Waals surface area contributed by atoms with E-state index in [1.807, 2.05) is 13.8 Å². The molecule has 1 amide bonds. The summed E-state index contributed by atoms with van der Waals surface area (Å²) in [5.74, 6) is -1.00. The van der Waals surface area contributed by atoms with Gasteiger partial charge in [0.2, 0.25) is 23.0 Å². The van der Waals surface area contributed by atoms with Gasteiger partial charge in [0.15, 0.2) is 11.5 Å². The Kier molecular flexibility index (Phi) is 5.59. The number of allylic oxidation sites excluding steroid dienone is 2. The van der Waals surface area contributed by atoms with Crippen LogP contribution in [0.25, 0.3) is 10.9 Å². The van der Waals surface area contributed by atoms with Gasteiger partial charge in [-0.2, -0.15) is 0 Å².